The van der Waals surface area contributed by atoms with Crippen molar-refractivity contribution in [3.8, 4) is 23.2 Å². The van der Waals surface area contributed by atoms with Gasteiger partial charge < -0.3 is 21.1 Å². The quantitative estimate of drug-likeness (QED) is 0.261. The summed E-state index contributed by atoms with van der Waals surface area (Å²) in [7, 11) is 0. The normalized spacial score (nSPS) is 23.3. The fourth-order valence-corrected chi connectivity index (χ4v) is 8.02. The lowest BCUT2D eigenvalue weighted by Crippen LogP contribution is -2.43. The second kappa shape index (κ2) is 10.8. The molecule has 4 aromatic rings. The van der Waals surface area contributed by atoms with Crippen molar-refractivity contribution in [3.05, 3.63) is 41.0 Å². The van der Waals surface area contributed by atoms with Crippen molar-refractivity contribution in [2.75, 3.05) is 43.8 Å². The SMILES string of the molecule is Cc1cc2c(NCC3CNC(=O)C3)nc(OC[C@@]34CCCN3C[C@H](F)C4)nc2c(F)c1-c1ccc(F)c2sc(N)c(C#N)c12. The van der Waals surface area contributed by atoms with Crippen LogP contribution >= 0.6 is 11.3 Å². The largest absolute Gasteiger partial charge is 0.461 e. The number of nitriles is 1. The molecule has 3 aliphatic rings. The van der Waals surface area contributed by atoms with Gasteiger partial charge in [-0.15, -0.1) is 11.3 Å². The van der Waals surface area contributed by atoms with Crippen LogP contribution in [-0.4, -0.2) is 65.3 Å². The smallest absolute Gasteiger partial charge is 0.319 e. The molecule has 44 heavy (non-hydrogen) atoms. The van der Waals surface area contributed by atoms with E-state index >= 15 is 4.39 Å². The van der Waals surface area contributed by atoms with E-state index in [1.54, 1.807) is 13.0 Å². The van der Waals surface area contributed by atoms with Crippen LogP contribution in [0.4, 0.5) is 24.0 Å². The first-order chi connectivity index (χ1) is 21.2. The van der Waals surface area contributed by atoms with E-state index in [9.17, 15) is 18.8 Å². The maximum Gasteiger partial charge on any atom is 0.319 e. The topological polar surface area (TPSA) is 129 Å². The van der Waals surface area contributed by atoms with E-state index in [-0.39, 0.29) is 56.2 Å². The molecular weight excluding hydrogens is 591 g/mol. The van der Waals surface area contributed by atoms with Crippen molar-refractivity contribution < 1.29 is 22.7 Å². The van der Waals surface area contributed by atoms with Gasteiger partial charge in [0.1, 0.15) is 41.0 Å². The molecule has 3 aliphatic heterocycles. The van der Waals surface area contributed by atoms with Gasteiger partial charge in [0.15, 0.2) is 5.82 Å². The summed E-state index contributed by atoms with van der Waals surface area (Å²) in [5.41, 5.74) is 6.68. The van der Waals surface area contributed by atoms with Crippen LogP contribution in [0.1, 0.15) is 36.8 Å². The number of nitrogens with two attached hydrogens (primary N) is 1. The number of carbonyl (C=O) groups is 1. The lowest BCUT2D eigenvalue weighted by atomic mass is 9.93. The lowest BCUT2D eigenvalue weighted by Gasteiger charge is -2.30. The molecule has 9 nitrogen and oxygen atoms in total. The molecule has 4 N–H and O–H groups in total. The highest BCUT2D eigenvalue weighted by atomic mass is 32.1. The Morgan fingerprint density at radius 3 is 2.95 bits per heavy atom. The summed E-state index contributed by atoms with van der Waals surface area (Å²) in [5, 5.41) is 16.7. The highest BCUT2D eigenvalue weighted by Crippen LogP contribution is 2.44. The third-order valence-electron chi connectivity index (χ3n) is 9.16. The van der Waals surface area contributed by atoms with Gasteiger partial charge in [-0.25, -0.2) is 13.2 Å². The molecule has 0 aliphatic carbocycles. The fraction of sp³-hybridized carbons (Fsp3) is 0.419. The van der Waals surface area contributed by atoms with Gasteiger partial charge in [0, 0.05) is 54.7 Å². The minimum Gasteiger partial charge on any atom is -0.461 e. The number of nitrogens with zero attached hydrogens (tertiary/aromatic N) is 4. The average Bonchev–Trinajstić information content (AvgIpc) is 3.74. The number of nitrogens with one attached hydrogen (secondary N) is 2. The van der Waals surface area contributed by atoms with Crippen molar-refractivity contribution in [2.24, 2.45) is 5.92 Å². The first-order valence-electron chi connectivity index (χ1n) is 14.6. The molecule has 228 valence electrons. The van der Waals surface area contributed by atoms with E-state index in [1.165, 1.54) is 12.1 Å². The number of aryl methyl sites for hydroxylation is 1. The zero-order chi connectivity index (χ0) is 30.7. The van der Waals surface area contributed by atoms with Crippen LogP contribution < -0.4 is 21.1 Å². The Labute approximate surface area is 255 Å². The molecule has 1 amide bonds. The van der Waals surface area contributed by atoms with Gasteiger partial charge in [-0.05, 0) is 49.6 Å². The van der Waals surface area contributed by atoms with Crippen molar-refractivity contribution >= 4 is 49.1 Å². The van der Waals surface area contributed by atoms with Crippen molar-refractivity contribution in [1.29, 1.82) is 5.26 Å². The lowest BCUT2D eigenvalue weighted by molar-refractivity contribution is -0.119. The maximum absolute atomic E-state index is 16.8. The fourth-order valence-electron chi connectivity index (χ4n) is 7.07. The van der Waals surface area contributed by atoms with Gasteiger partial charge in [0.2, 0.25) is 5.91 Å². The van der Waals surface area contributed by atoms with Crippen LogP contribution in [-0.2, 0) is 4.79 Å². The van der Waals surface area contributed by atoms with E-state index in [4.69, 9.17) is 10.5 Å². The van der Waals surface area contributed by atoms with Crippen molar-refractivity contribution in [2.45, 2.75) is 44.3 Å². The van der Waals surface area contributed by atoms with Crippen LogP contribution in [0.3, 0.4) is 0 Å². The maximum atomic E-state index is 16.8. The number of rotatable bonds is 7. The number of fused-ring (bicyclic) bond motifs is 3. The number of halogens is 3. The Bertz CT molecular complexity index is 1880. The van der Waals surface area contributed by atoms with Crippen molar-refractivity contribution in [3.63, 3.8) is 0 Å². The Hall–Kier alpha value is -4.15. The molecule has 0 bridgehead atoms. The number of anilines is 2. The second-order valence-corrected chi connectivity index (χ2v) is 13.1. The molecule has 7 rings (SSSR count). The monoisotopic (exact) mass is 621 g/mol. The molecule has 0 radical (unpaired) electrons. The van der Waals surface area contributed by atoms with Crippen LogP contribution in [0.15, 0.2) is 18.2 Å². The minimum atomic E-state index is -0.934. The Kier molecular flexibility index (Phi) is 7.01. The molecule has 3 fully saturated rings. The van der Waals surface area contributed by atoms with E-state index < -0.39 is 23.3 Å². The molecule has 2 aromatic carbocycles. The number of amides is 1. The highest BCUT2D eigenvalue weighted by molar-refractivity contribution is 7.23. The van der Waals surface area contributed by atoms with Gasteiger partial charge >= 0.3 is 6.01 Å². The summed E-state index contributed by atoms with van der Waals surface area (Å²) in [6.45, 7) is 3.98. The summed E-state index contributed by atoms with van der Waals surface area (Å²) in [5.74, 6) is -0.892. The van der Waals surface area contributed by atoms with Gasteiger partial charge in [-0.3, -0.25) is 9.69 Å². The Balaban J connectivity index is 1.34. The number of carbonyl (C=O) groups excluding carboxylic acids is 1. The summed E-state index contributed by atoms with van der Waals surface area (Å²) >= 11 is 0.946. The number of aromatic nitrogens is 2. The average molecular weight is 622 g/mol. The highest BCUT2D eigenvalue weighted by Gasteiger charge is 2.49. The van der Waals surface area contributed by atoms with Crippen LogP contribution in [0.2, 0.25) is 0 Å². The number of thiophene rings is 1. The standard InChI is InChI=1S/C31H30F3N7O2S/c1-15-7-19-26(25(34)23(15)18-3-4-21(33)27-24(18)20(10-35)28(36)44-27)39-30(40-29(19)38-12-16-8-22(42)37-11-16)43-14-31-5-2-6-41(31)13-17(32)9-31/h3-4,7,16-17H,2,5-6,8-9,11-14,36H2,1H3,(H,37,42)(H,38,39,40)/t16?,17-,31+/m1/s1. The van der Waals surface area contributed by atoms with Gasteiger partial charge in [0.25, 0.3) is 0 Å². The predicted molar refractivity (Wildman–Crippen MR) is 162 cm³/mol. The summed E-state index contributed by atoms with van der Waals surface area (Å²) in [4.78, 5) is 23.0. The van der Waals surface area contributed by atoms with E-state index in [1.807, 2.05) is 6.07 Å². The Morgan fingerprint density at radius 1 is 1.34 bits per heavy atom. The molecule has 5 heterocycles. The zero-order valence-corrected chi connectivity index (χ0v) is 24.8. The summed E-state index contributed by atoms with van der Waals surface area (Å²) in [6, 6.07) is 6.42. The molecular formula is C31H30F3N7O2S. The molecule has 0 spiro atoms. The zero-order valence-electron chi connectivity index (χ0n) is 24.0. The van der Waals surface area contributed by atoms with Crippen LogP contribution in [0.25, 0.3) is 32.1 Å². The molecule has 2 aromatic heterocycles. The minimum absolute atomic E-state index is 0.0199. The van der Waals surface area contributed by atoms with Gasteiger partial charge in [-0.1, -0.05) is 6.07 Å². The predicted octanol–water partition coefficient (Wildman–Crippen LogP) is 5.06. The Morgan fingerprint density at radius 2 is 2.18 bits per heavy atom. The number of ether oxygens (including phenoxy) is 1. The molecule has 1 unspecified atom stereocenters. The van der Waals surface area contributed by atoms with E-state index in [2.05, 4.69) is 25.5 Å². The molecule has 13 heteroatoms. The first-order valence-corrected chi connectivity index (χ1v) is 15.4. The molecule has 3 atom stereocenters. The third kappa shape index (κ3) is 4.68. The number of alkyl halides is 1. The number of hydrogen-bond acceptors (Lipinski definition) is 9. The van der Waals surface area contributed by atoms with Gasteiger partial charge in [0.05, 0.1) is 15.8 Å². The number of nitrogen functional groups attached to an aromatic ring is 1. The van der Waals surface area contributed by atoms with Crippen molar-refractivity contribution in [1.82, 2.24) is 20.2 Å². The molecule has 0 saturated carbocycles. The van der Waals surface area contributed by atoms with Crippen LogP contribution in [0.5, 0.6) is 6.01 Å². The van der Waals surface area contributed by atoms with E-state index in [0.29, 0.717) is 54.8 Å². The van der Waals surface area contributed by atoms with Crippen LogP contribution in [0, 0.1) is 35.8 Å². The second-order valence-electron chi connectivity index (χ2n) is 12.0. The molecule has 3 saturated heterocycles. The number of hydrogen-bond donors (Lipinski definition) is 3. The summed E-state index contributed by atoms with van der Waals surface area (Å²) in [6.07, 6.45) is 1.52. The summed E-state index contributed by atoms with van der Waals surface area (Å²) < 4.78 is 52.2. The number of benzene rings is 2. The first kappa shape index (κ1) is 28.6. The van der Waals surface area contributed by atoms with Gasteiger partial charge in [-0.2, -0.15) is 15.2 Å². The van der Waals surface area contributed by atoms with E-state index in [0.717, 1.165) is 30.7 Å². The third-order valence-corrected chi connectivity index (χ3v) is 10.2.